The van der Waals surface area contributed by atoms with Crippen molar-refractivity contribution in [2.45, 2.75) is 6.42 Å². The molecular weight excluding hydrogens is 545 g/mol. The molecule has 2 N–H and O–H groups in total. The van der Waals surface area contributed by atoms with Gasteiger partial charge in [-0.05, 0) is 55.0 Å². The Morgan fingerprint density at radius 3 is 1.43 bits per heavy atom. The molecule has 4 rings (SSSR count). The molecule has 0 aliphatic rings. The highest BCUT2D eigenvalue weighted by Gasteiger charge is 2.11. The van der Waals surface area contributed by atoms with Crippen LogP contribution in [0.15, 0.2) is 73.3 Å². The molecule has 4 aromatic rings. The van der Waals surface area contributed by atoms with Crippen LogP contribution in [0.4, 0.5) is 0 Å². The normalized spacial score (nSPS) is 10.6. The van der Waals surface area contributed by atoms with Crippen LogP contribution in [0.1, 0.15) is 38.8 Å². The molecule has 0 saturated heterocycles. The van der Waals surface area contributed by atoms with Crippen molar-refractivity contribution in [3.05, 3.63) is 96.1 Å². The summed E-state index contributed by atoms with van der Waals surface area (Å²) in [6.45, 7) is 0.846. The smallest absolute Gasteiger partial charge is 0.251 e. The molecule has 0 radical (unpaired) electrons. The molecule has 2 aromatic carbocycles. The van der Waals surface area contributed by atoms with Gasteiger partial charge in [-0.15, -0.1) is 25.3 Å². The topological polar surface area (TPSA) is 93.8 Å². The van der Waals surface area contributed by atoms with Gasteiger partial charge in [0.25, 0.3) is 11.8 Å². The molecule has 2 amide bonds. The van der Waals surface area contributed by atoms with Crippen LogP contribution in [0, 0.1) is 0 Å². The van der Waals surface area contributed by atoms with Crippen molar-refractivity contribution in [2.75, 3.05) is 13.1 Å². The van der Waals surface area contributed by atoms with E-state index in [1.807, 2.05) is 24.3 Å². The van der Waals surface area contributed by atoms with Gasteiger partial charge in [-0.1, -0.05) is 24.4 Å². The van der Waals surface area contributed by atoms with E-state index in [4.69, 9.17) is 24.4 Å². The number of nitrogens with one attached hydrogen (secondary N) is 2. The van der Waals surface area contributed by atoms with Crippen molar-refractivity contribution in [1.82, 2.24) is 29.7 Å². The molecular formula is C25H22N6O2S4. The first-order chi connectivity index (χ1) is 17.8. The first-order valence-corrected chi connectivity index (χ1v) is 12.9. The Kier molecular flexibility index (Phi) is 8.87. The largest absolute Gasteiger partial charge is 0.352 e. The number of imidazole rings is 2. The van der Waals surface area contributed by atoms with E-state index in [-0.39, 0.29) is 11.8 Å². The quantitative estimate of drug-likeness (QED) is 0.133. The fourth-order valence-electron chi connectivity index (χ4n) is 3.58. The zero-order valence-electron chi connectivity index (χ0n) is 19.4. The standard InChI is InChI=1S/C25H22N6O2S4/c32-22(16-2-6-18(7-3-16)30-14-12-26-20(30)24(34)35)28-10-1-11-29-23(33)17-4-8-19(9-5-17)31-15-13-27-21(31)25(36)37/h2-9,12-15H,1,10-11H2,(H,28,32)(H,29,33)(H,34,35)(H,36,37). The number of thiol groups is 2. The Morgan fingerprint density at radius 1 is 0.703 bits per heavy atom. The number of amides is 2. The lowest BCUT2D eigenvalue weighted by atomic mass is 10.2. The van der Waals surface area contributed by atoms with Gasteiger partial charge in [0.15, 0.2) is 11.6 Å². The number of nitrogens with zero attached hydrogens (tertiary/aromatic N) is 4. The van der Waals surface area contributed by atoms with Crippen molar-refractivity contribution in [3.63, 3.8) is 0 Å². The number of hydrogen-bond donors (Lipinski definition) is 4. The molecule has 0 saturated carbocycles. The van der Waals surface area contributed by atoms with Crippen molar-refractivity contribution in [1.29, 1.82) is 0 Å². The molecule has 12 heteroatoms. The maximum absolute atomic E-state index is 12.5. The fourth-order valence-corrected chi connectivity index (χ4v) is 4.22. The minimum absolute atomic E-state index is 0.191. The molecule has 2 aromatic heterocycles. The molecule has 0 aliphatic heterocycles. The van der Waals surface area contributed by atoms with E-state index in [0.717, 1.165) is 11.4 Å². The fraction of sp³-hybridized carbons (Fsp3) is 0.120. The number of rotatable bonds is 10. The van der Waals surface area contributed by atoms with Crippen molar-refractivity contribution >= 4 is 69.9 Å². The summed E-state index contributed by atoms with van der Waals surface area (Å²) in [5, 5.41) is 5.73. The molecule has 188 valence electrons. The Labute approximate surface area is 235 Å². The Morgan fingerprint density at radius 2 is 1.08 bits per heavy atom. The van der Waals surface area contributed by atoms with E-state index in [9.17, 15) is 9.59 Å². The van der Waals surface area contributed by atoms with Crippen molar-refractivity contribution in [2.24, 2.45) is 0 Å². The van der Waals surface area contributed by atoms with Gasteiger partial charge in [-0.2, -0.15) is 0 Å². The van der Waals surface area contributed by atoms with Crippen LogP contribution >= 0.6 is 49.7 Å². The Balaban J connectivity index is 1.22. The van der Waals surface area contributed by atoms with Gasteiger partial charge in [-0.25, -0.2) is 9.97 Å². The average molecular weight is 567 g/mol. The summed E-state index contributed by atoms with van der Waals surface area (Å²) in [6, 6.07) is 14.2. The van der Waals surface area contributed by atoms with E-state index < -0.39 is 0 Å². The second-order valence-corrected chi connectivity index (χ2v) is 10.1. The summed E-state index contributed by atoms with van der Waals surface area (Å²) < 4.78 is 4.39. The Hall–Kier alpha value is -3.32. The van der Waals surface area contributed by atoms with E-state index >= 15 is 0 Å². The molecule has 0 bridgehead atoms. The summed E-state index contributed by atoms with van der Waals surface area (Å²) in [5.41, 5.74) is 2.71. The van der Waals surface area contributed by atoms with E-state index in [0.29, 0.717) is 50.7 Å². The third-order valence-electron chi connectivity index (χ3n) is 5.40. The van der Waals surface area contributed by atoms with Gasteiger partial charge in [0.05, 0.1) is 0 Å². The summed E-state index contributed by atoms with van der Waals surface area (Å²) in [4.78, 5) is 33.3. The second-order valence-electron chi connectivity index (χ2n) is 7.81. The van der Waals surface area contributed by atoms with Gasteiger partial charge in [0.2, 0.25) is 0 Å². The maximum Gasteiger partial charge on any atom is 0.251 e. The summed E-state index contributed by atoms with van der Waals surface area (Å²) in [6.07, 6.45) is 7.44. The number of carbonyl (C=O) groups excluding carboxylic acids is 2. The van der Waals surface area contributed by atoms with Crippen molar-refractivity contribution in [3.8, 4) is 11.4 Å². The number of hydrogen-bond acceptors (Lipinski definition) is 6. The lowest BCUT2D eigenvalue weighted by Gasteiger charge is -2.10. The van der Waals surface area contributed by atoms with E-state index in [2.05, 4.69) is 45.9 Å². The van der Waals surface area contributed by atoms with Crippen LogP contribution in [0.5, 0.6) is 0 Å². The van der Waals surface area contributed by atoms with Crippen LogP contribution < -0.4 is 10.6 Å². The van der Waals surface area contributed by atoms with Crippen LogP contribution in [0.3, 0.4) is 0 Å². The molecule has 0 spiro atoms. The van der Waals surface area contributed by atoms with Gasteiger partial charge in [0, 0.05) is 60.4 Å². The monoisotopic (exact) mass is 566 g/mol. The number of carbonyl (C=O) groups is 2. The Bertz CT molecular complexity index is 1330. The highest BCUT2D eigenvalue weighted by atomic mass is 32.1. The molecule has 0 atom stereocenters. The van der Waals surface area contributed by atoms with Gasteiger partial charge < -0.3 is 10.6 Å². The number of benzene rings is 2. The lowest BCUT2D eigenvalue weighted by molar-refractivity contribution is 0.0951. The van der Waals surface area contributed by atoms with Crippen LogP contribution in [0.2, 0.25) is 0 Å². The average Bonchev–Trinajstić information content (AvgIpc) is 3.59. The second kappa shape index (κ2) is 12.3. The molecule has 8 nitrogen and oxygen atoms in total. The predicted molar refractivity (Wildman–Crippen MR) is 158 cm³/mol. The molecule has 0 fully saturated rings. The highest BCUT2D eigenvalue weighted by Crippen LogP contribution is 2.15. The minimum atomic E-state index is -0.191. The zero-order chi connectivity index (χ0) is 26.4. The van der Waals surface area contributed by atoms with E-state index in [1.54, 1.807) is 58.2 Å². The van der Waals surface area contributed by atoms with Crippen LogP contribution in [-0.2, 0) is 0 Å². The first kappa shape index (κ1) is 26.7. The molecule has 37 heavy (non-hydrogen) atoms. The van der Waals surface area contributed by atoms with Gasteiger partial charge in [0.1, 0.15) is 8.39 Å². The molecule has 0 aliphatic carbocycles. The summed E-state index contributed by atoms with van der Waals surface area (Å²) >= 11 is 18.6. The number of thiocarbonyl (C=S) groups is 2. The maximum atomic E-state index is 12.5. The molecule has 2 heterocycles. The van der Waals surface area contributed by atoms with Gasteiger partial charge in [-0.3, -0.25) is 18.7 Å². The third-order valence-corrected chi connectivity index (χ3v) is 6.17. The van der Waals surface area contributed by atoms with Crippen LogP contribution in [0.25, 0.3) is 11.4 Å². The summed E-state index contributed by atoms with van der Waals surface area (Å²) in [5.74, 6) is 0.755. The summed E-state index contributed by atoms with van der Waals surface area (Å²) in [7, 11) is 0. The minimum Gasteiger partial charge on any atom is -0.352 e. The molecule has 0 unspecified atom stereocenters. The van der Waals surface area contributed by atoms with Crippen LogP contribution in [-0.4, -0.2) is 52.4 Å². The lowest BCUT2D eigenvalue weighted by Crippen LogP contribution is -2.29. The zero-order valence-corrected chi connectivity index (χ0v) is 22.8. The SMILES string of the molecule is O=C(NCCCNC(=O)c1ccc(-n2ccnc2C(=S)S)cc1)c1ccc(-n2ccnc2C(=S)S)cc1. The van der Waals surface area contributed by atoms with Gasteiger partial charge >= 0.3 is 0 Å². The first-order valence-electron chi connectivity index (χ1n) is 11.2. The van der Waals surface area contributed by atoms with E-state index in [1.165, 1.54) is 0 Å². The highest BCUT2D eigenvalue weighted by molar-refractivity contribution is 8.12. The third kappa shape index (κ3) is 6.52. The van der Waals surface area contributed by atoms with Crippen molar-refractivity contribution < 1.29 is 9.59 Å². The number of aromatic nitrogens is 4. The predicted octanol–water partition coefficient (Wildman–Crippen LogP) is 3.82.